The van der Waals surface area contributed by atoms with Crippen molar-refractivity contribution in [3.05, 3.63) is 29.8 Å². The van der Waals surface area contributed by atoms with Crippen LogP contribution in [0.1, 0.15) is 77.2 Å². The first-order valence-electron chi connectivity index (χ1n) is 25.4. The second-order valence-corrected chi connectivity index (χ2v) is 19.3. The Bertz CT molecular complexity index is 1800. The summed E-state index contributed by atoms with van der Waals surface area (Å²) >= 11 is 1.52. The van der Waals surface area contributed by atoms with Crippen LogP contribution in [0.2, 0.25) is 0 Å². The molecule has 23 heteroatoms. The van der Waals surface area contributed by atoms with Gasteiger partial charge in [0, 0.05) is 59.3 Å². The highest BCUT2D eigenvalue weighted by atomic mass is 32.2. The number of hydrogen-bond acceptors (Lipinski definition) is 16. The predicted molar refractivity (Wildman–Crippen MR) is 283 cm³/mol. The minimum Gasteiger partial charge on any atom is -0.497 e. The van der Waals surface area contributed by atoms with Gasteiger partial charge in [0.2, 0.25) is 41.4 Å². The number of nitrogens with zero attached hydrogens (tertiary/aromatic N) is 5. The lowest BCUT2D eigenvalue weighted by atomic mass is 9.93. The van der Waals surface area contributed by atoms with Crippen LogP contribution in [0.5, 0.6) is 5.75 Å². The van der Waals surface area contributed by atoms with E-state index in [1.807, 2.05) is 20.1 Å². The summed E-state index contributed by atoms with van der Waals surface area (Å²) in [5.41, 5.74) is 23.7. The monoisotopic (exact) mass is 1050 g/mol. The summed E-state index contributed by atoms with van der Waals surface area (Å²) in [6.07, 6.45) is 5.48. The summed E-state index contributed by atoms with van der Waals surface area (Å²) in [4.78, 5) is 117. The molecule has 1 aromatic rings. The van der Waals surface area contributed by atoms with Crippen LogP contribution in [0.3, 0.4) is 0 Å². The summed E-state index contributed by atoms with van der Waals surface area (Å²) in [7, 11) is 4.45. The fraction of sp³-hybridized carbons (Fsp3) is 0.720. The van der Waals surface area contributed by atoms with Crippen LogP contribution in [0.25, 0.3) is 0 Å². The van der Waals surface area contributed by atoms with Crippen LogP contribution in [-0.2, 0) is 54.4 Å². The Hall–Kier alpha value is -4.91. The van der Waals surface area contributed by atoms with Crippen molar-refractivity contribution < 1.29 is 52.6 Å². The number of ether oxygens (including phenoxy) is 3. The lowest BCUT2D eigenvalue weighted by molar-refractivity contribution is -0.148. The first kappa shape index (κ1) is 66.1. The fourth-order valence-corrected chi connectivity index (χ4v) is 8.01. The maximum atomic E-state index is 14.3. The highest BCUT2D eigenvalue weighted by molar-refractivity contribution is 7.98. The average molecular weight is 1050 g/mol. The SMILES string of the molecule is COCCN(CC(=O)NC(CCCCN)C(=O)CC(CCSC)C(N)=O)C(=O)CN(CCCCN)C(=O)CN(CCCCN)C(=O)CN(CCOC)C(=O)CN(Cc1ccc(OC)cc1)C(=O)CNCC(C)C. The predicted octanol–water partition coefficient (Wildman–Crippen LogP) is -0.218. The molecule has 2 unspecified atom stereocenters. The molecule has 1 rings (SSSR count). The van der Waals surface area contributed by atoms with E-state index in [2.05, 4.69) is 10.6 Å². The number of rotatable bonds is 43. The molecule has 0 aliphatic heterocycles. The molecule has 416 valence electrons. The molecule has 0 spiro atoms. The first-order chi connectivity index (χ1) is 35.0. The van der Waals surface area contributed by atoms with Crippen molar-refractivity contribution in [2.24, 2.45) is 34.8 Å². The van der Waals surface area contributed by atoms with Crippen LogP contribution in [0.15, 0.2) is 24.3 Å². The molecule has 0 radical (unpaired) electrons. The average Bonchev–Trinajstić information content (AvgIpc) is 3.36. The highest BCUT2D eigenvalue weighted by Gasteiger charge is 2.31. The number of carbonyl (C=O) groups is 8. The molecule has 0 bridgehead atoms. The minimum atomic E-state index is -0.954. The standard InChI is InChI=1S/C50H89N11O11S/c1-38(2)30-55-31-45(64)61(32-39-14-16-41(72-5)17-15-39)37-49(68)60(25-27-71-4)36-47(66)57(22-11-9-20-52)34-46(65)58(23-12-10-21-53)35-48(67)59(24-26-70-3)33-44(63)56-42(13-7-8-19-51)43(62)29-40(50(54)69)18-28-73-6/h14-17,38,40,42,55H,7-13,18-37,51-53H2,1-6H3,(H2,54,69)(H,56,63). The van der Waals surface area contributed by atoms with Crippen LogP contribution in [0, 0.1) is 11.8 Å². The van der Waals surface area contributed by atoms with Crippen molar-refractivity contribution in [3.63, 3.8) is 0 Å². The zero-order chi connectivity index (χ0) is 54.6. The molecule has 0 saturated heterocycles. The molecule has 2 atom stereocenters. The fourth-order valence-electron chi connectivity index (χ4n) is 7.49. The zero-order valence-electron chi connectivity index (χ0n) is 44.6. The Morgan fingerprint density at radius 3 is 1.55 bits per heavy atom. The molecular formula is C50H89N11O11S. The molecule has 7 amide bonds. The second-order valence-electron chi connectivity index (χ2n) is 18.3. The number of Topliss-reactive ketones (excluding diaryl/α,β-unsaturated/α-hetero) is 1. The van der Waals surface area contributed by atoms with E-state index in [9.17, 15) is 38.4 Å². The summed E-state index contributed by atoms with van der Waals surface area (Å²) in [6.45, 7) is 3.98. The van der Waals surface area contributed by atoms with Gasteiger partial charge in [0.15, 0.2) is 5.78 Å². The summed E-state index contributed by atoms with van der Waals surface area (Å²) in [5, 5.41) is 5.91. The van der Waals surface area contributed by atoms with Gasteiger partial charge in [0.05, 0.1) is 59.1 Å². The van der Waals surface area contributed by atoms with Crippen LogP contribution in [0.4, 0.5) is 0 Å². The van der Waals surface area contributed by atoms with E-state index >= 15 is 0 Å². The summed E-state index contributed by atoms with van der Waals surface area (Å²) < 4.78 is 15.9. The van der Waals surface area contributed by atoms with Crippen molar-refractivity contribution in [1.29, 1.82) is 0 Å². The van der Waals surface area contributed by atoms with Gasteiger partial charge in [-0.05, 0) is 113 Å². The van der Waals surface area contributed by atoms with Gasteiger partial charge in [-0.3, -0.25) is 38.4 Å². The van der Waals surface area contributed by atoms with E-state index in [1.54, 1.807) is 31.4 Å². The van der Waals surface area contributed by atoms with E-state index in [0.717, 1.165) is 5.56 Å². The van der Waals surface area contributed by atoms with Gasteiger partial charge in [0.25, 0.3) is 0 Å². The number of nitrogens with one attached hydrogen (secondary N) is 2. The molecule has 0 aliphatic rings. The third kappa shape index (κ3) is 28.4. The lowest BCUT2D eigenvalue weighted by Crippen LogP contribution is -2.53. The number of nitrogens with two attached hydrogens (primary N) is 4. The van der Waals surface area contributed by atoms with E-state index in [1.165, 1.54) is 50.5 Å². The van der Waals surface area contributed by atoms with Crippen LogP contribution < -0.4 is 38.3 Å². The Balaban J connectivity index is 3.44. The van der Waals surface area contributed by atoms with Crippen molar-refractivity contribution in [2.45, 2.75) is 84.2 Å². The molecule has 0 aromatic heterocycles. The molecule has 0 heterocycles. The molecular weight excluding hydrogens is 963 g/mol. The Morgan fingerprint density at radius 2 is 1.10 bits per heavy atom. The van der Waals surface area contributed by atoms with Gasteiger partial charge >= 0.3 is 0 Å². The van der Waals surface area contributed by atoms with Gasteiger partial charge in [-0.2, -0.15) is 11.8 Å². The Morgan fingerprint density at radius 1 is 0.616 bits per heavy atom. The van der Waals surface area contributed by atoms with Crippen LogP contribution in [-0.4, -0.2) is 216 Å². The summed E-state index contributed by atoms with van der Waals surface area (Å²) in [6, 6.07) is 6.18. The number of ketones is 1. The highest BCUT2D eigenvalue weighted by Crippen LogP contribution is 2.17. The largest absolute Gasteiger partial charge is 0.497 e. The van der Waals surface area contributed by atoms with Gasteiger partial charge in [-0.1, -0.05) is 26.0 Å². The first-order valence-corrected chi connectivity index (χ1v) is 26.8. The Kier molecular flexibility index (Phi) is 35.8. The molecule has 0 aliphatic carbocycles. The smallest absolute Gasteiger partial charge is 0.242 e. The molecule has 0 fully saturated rings. The number of methoxy groups -OCH3 is 3. The number of carbonyl (C=O) groups excluding carboxylic acids is 8. The number of hydrogen-bond donors (Lipinski definition) is 6. The molecule has 10 N–H and O–H groups in total. The van der Waals surface area contributed by atoms with E-state index < -0.39 is 73.6 Å². The number of primary amides is 1. The molecule has 73 heavy (non-hydrogen) atoms. The van der Waals surface area contributed by atoms with E-state index in [4.69, 9.17) is 37.1 Å². The maximum Gasteiger partial charge on any atom is 0.242 e. The van der Waals surface area contributed by atoms with Gasteiger partial charge in [-0.25, -0.2) is 0 Å². The zero-order valence-corrected chi connectivity index (χ0v) is 45.4. The van der Waals surface area contributed by atoms with Crippen LogP contribution >= 0.6 is 11.8 Å². The van der Waals surface area contributed by atoms with Gasteiger partial charge in [0.1, 0.15) is 12.3 Å². The number of thioether (sulfide) groups is 1. The van der Waals surface area contributed by atoms with Crippen molar-refractivity contribution in [1.82, 2.24) is 35.1 Å². The normalized spacial score (nSPS) is 11.9. The van der Waals surface area contributed by atoms with Gasteiger partial charge in [-0.15, -0.1) is 0 Å². The molecule has 0 saturated carbocycles. The topological polar surface area (TPSA) is 309 Å². The second kappa shape index (κ2) is 39.5. The van der Waals surface area contributed by atoms with Crippen molar-refractivity contribution in [2.75, 3.05) is 138 Å². The van der Waals surface area contributed by atoms with E-state index in [-0.39, 0.29) is 89.5 Å². The van der Waals surface area contributed by atoms with Crippen molar-refractivity contribution >= 4 is 58.9 Å². The lowest BCUT2D eigenvalue weighted by Gasteiger charge is -2.32. The number of amides is 7. The number of benzene rings is 1. The van der Waals surface area contributed by atoms with E-state index in [0.29, 0.717) is 82.6 Å². The Labute approximate surface area is 438 Å². The third-order valence-corrected chi connectivity index (χ3v) is 12.5. The number of unbranched alkanes of at least 4 members (excludes halogenated alkanes) is 3. The summed E-state index contributed by atoms with van der Waals surface area (Å²) in [5.74, 6) is -3.26. The quantitative estimate of drug-likeness (QED) is 0.0461. The maximum absolute atomic E-state index is 14.3. The van der Waals surface area contributed by atoms with Gasteiger partial charge < -0.3 is 72.3 Å². The minimum absolute atomic E-state index is 0.00683. The van der Waals surface area contributed by atoms with Crippen molar-refractivity contribution in [3.8, 4) is 5.75 Å². The third-order valence-electron chi connectivity index (χ3n) is 11.8. The molecule has 1 aromatic carbocycles. The molecule has 22 nitrogen and oxygen atoms in total.